The molecule has 1 heterocycles. The van der Waals surface area contributed by atoms with Crippen molar-refractivity contribution in [1.82, 2.24) is 10.2 Å². The number of nitrogens with one attached hydrogen (secondary N) is 1. The van der Waals surface area contributed by atoms with E-state index in [0.29, 0.717) is 5.56 Å². The minimum Gasteiger partial charge on any atom is -0.465 e. The first-order valence-electron chi connectivity index (χ1n) is 6.37. The predicted molar refractivity (Wildman–Crippen MR) is 70.8 cm³/mol. The highest BCUT2D eigenvalue weighted by Crippen LogP contribution is 2.15. The molecule has 7 heteroatoms. The van der Waals surface area contributed by atoms with Crippen LogP contribution >= 0.6 is 0 Å². The monoisotopic (exact) mass is 294 g/mol. The van der Waals surface area contributed by atoms with Crippen LogP contribution in [0.15, 0.2) is 18.2 Å². The van der Waals surface area contributed by atoms with Gasteiger partial charge in [0.1, 0.15) is 5.82 Å². The molecule has 1 unspecified atom stereocenters. The van der Waals surface area contributed by atoms with E-state index in [-0.39, 0.29) is 30.5 Å². The average Bonchev–Trinajstić information content (AvgIpc) is 2.43. The van der Waals surface area contributed by atoms with Gasteiger partial charge >= 0.3 is 5.97 Å². The van der Waals surface area contributed by atoms with Crippen LogP contribution in [0.3, 0.4) is 0 Å². The van der Waals surface area contributed by atoms with Crippen LogP contribution in [0, 0.1) is 5.82 Å². The van der Waals surface area contributed by atoms with E-state index in [1.807, 2.05) is 0 Å². The van der Waals surface area contributed by atoms with Gasteiger partial charge in [0.25, 0.3) is 0 Å². The molecule has 1 aromatic rings. The summed E-state index contributed by atoms with van der Waals surface area (Å²) in [5.74, 6) is -2.21. The zero-order valence-electron chi connectivity index (χ0n) is 11.7. The van der Waals surface area contributed by atoms with Crippen molar-refractivity contribution in [2.75, 3.05) is 13.7 Å². The Labute approximate surface area is 120 Å². The van der Waals surface area contributed by atoms with Gasteiger partial charge < -0.3 is 4.74 Å². The molecule has 6 nitrogen and oxygen atoms in total. The van der Waals surface area contributed by atoms with Crippen LogP contribution < -0.4 is 5.32 Å². The Bertz CT molecular complexity index is 603. The number of amides is 2. The Hall–Kier alpha value is -2.28. The standard InChI is InChI=1S/C14H15FN2O4/c1-8-13(19)16-12(18)7-17(8)6-9-3-4-10(11(15)5-9)14(20)21-2/h3-5,8H,6-7H2,1-2H3,(H,16,18,19). The second kappa shape index (κ2) is 6.01. The van der Waals surface area contributed by atoms with Crippen molar-refractivity contribution in [3.63, 3.8) is 0 Å². The van der Waals surface area contributed by atoms with E-state index in [1.165, 1.54) is 19.2 Å². The van der Waals surface area contributed by atoms with Gasteiger partial charge in [0.2, 0.25) is 11.8 Å². The lowest BCUT2D eigenvalue weighted by Crippen LogP contribution is -2.56. The number of carbonyl (C=O) groups is 3. The van der Waals surface area contributed by atoms with E-state index in [0.717, 1.165) is 0 Å². The third-order valence-electron chi connectivity index (χ3n) is 3.36. The van der Waals surface area contributed by atoms with E-state index < -0.39 is 17.8 Å². The van der Waals surface area contributed by atoms with Gasteiger partial charge in [-0.15, -0.1) is 0 Å². The smallest absolute Gasteiger partial charge is 0.340 e. The molecular formula is C14H15FN2O4. The summed E-state index contributed by atoms with van der Waals surface area (Å²) in [4.78, 5) is 35.8. The van der Waals surface area contributed by atoms with Crippen molar-refractivity contribution in [3.05, 3.63) is 35.1 Å². The highest BCUT2D eigenvalue weighted by Gasteiger charge is 2.30. The number of rotatable bonds is 3. The molecule has 2 amide bonds. The molecule has 1 aromatic carbocycles. The predicted octanol–water partition coefficient (Wildman–Crippen LogP) is 0.459. The van der Waals surface area contributed by atoms with E-state index >= 15 is 0 Å². The van der Waals surface area contributed by atoms with Crippen molar-refractivity contribution in [2.45, 2.75) is 19.5 Å². The van der Waals surface area contributed by atoms with Crippen LogP contribution in [-0.4, -0.2) is 42.4 Å². The number of carbonyl (C=O) groups excluding carboxylic acids is 3. The van der Waals surface area contributed by atoms with Crippen LogP contribution in [0.1, 0.15) is 22.8 Å². The highest BCUT2D eigenvalue weighted by molar-refractivity contribution is 6.00. The van der Waals surface area contributed by atoms with Gasteiger partial charge in [-0.2, -0.15) is 0 Å². The summed E-state index contributed by atoms with van der Waals surface area (Å²) in [6.45, 7) is 1.97. The molecule has 0 aliphatic carbocycles. The number of esters is 1. The van der Waals surface area contributed by atoms with Gasteiger partial charge in [-0.1, -0.05) is 6.07 Å². The zero-order valence-corrected chi connectivity index (χ0v) is 11.7. The summed E-state index contributed by atoms with van der Waals surface area (Å²) in [5.41, 5.74) is 0.413. The maximum Gasteiger partial charge on any atom is 0.340 e. The van der Waals surface area contributed by atoms with Gasteiger partial charge in [-0.25, -0.2) is 9.18 Å². The Morgan fingerprint density at radius 3 is 2.81 bits per heavy atom. The first-order chi connectivity index (χ1) is 9.92. The first-order valence-corrected chi connectivity index (χ1v) is 6.37. The molecule has 112 valence electrons. The minimum atomic E-state index is -0.750. The molecule has 1 saturated heterocycles. The zero-order chi connectivity index (χ0) is 15.6. The highest BCUT2D eigenvalue weighted by atomic mass is 19.1. The summed E-state index contributed by atoms with van der Waals surface area (Å²) >= 11 is 0. The van der Waals surface area contributed by atoms with Crippen molar-refractivity contribution < 1.29 is 23.5 Å². The second-order valence-electron chi connectivity index (χ2n) is 4.80. The lowest BCUT2D eigenvalue weighted by Gasteiger charge is -2.31. The second-order valence-corrected chi connectivity index (χ2v) is 4.80. The molecule has 21 heavy (non-hydrogen) atoms. The first kappa shape index (κ1) is 15.1. The molecule has 0 aromatic heterocycles. The number of halogens is 1. The van der Waals surface area contributed by atoms with Crippen LogP contribution in [-0.2, 0) is 20.9 Å². The maximum absolute atomic E-state index is 13.8. The Kier molecular flexibility index (Phi) is 4.32. The summed E-state index contributed by atoms with van der Waals surface area (Å²) in [5, 5.41) is 2.23. The fraction of sp³-hybridized carbons (Fsp3) is 0.357. The van der Waals surface area contributed by atoms with Crippen LogP contribution in [0.25, 0.3) is 0 Å². The molecule has 0 saturated carbocycles. The van der Waals surface area contributed by atoms with Gasteiger partial charge in [0.15, 0.2) is 0 Å². The number of hydrogen-bond donors (Lipinski definition) is 1. The molecular weight excluding hydrogens is 279 g/mol. The normalized spacial score (nSPS) is 19.3. The lowest BCUT2D eigenvalue weighted by molar-refractivity contribution is -0.139. The van der Waals surface area contributed by atoms with Crippen LogP contribution in [0.5, 0.6) is 0 Å². The molecule has 1 fully saturated rings. The quantitative estimate of drug-likeness (QED) is 0.647. The van der Waals surface area contributed by atoms with Gasteiger partial charge in [-0.3, -0.25) is 19.8 Å². The molecule has 1 atom stereocenters. The number of hydrogen-bond acceptors (Lipinski definition) is 5. The number of piperazine rings is 1. The fourth-order valence-corrected chi connectivity index (χ4v) is 2.13. The van der Waals surface area contributed by atoms with E-state index in [9.17, 15) is 18.8 Å². The van der Waals surface area contributed by atoms with Gasteiger partial charge in [0.05, 0.1) is 25.3 Å². The Morgan fingerprint density at radius 2 is 2.19 bits per heavy atom. The van der Waals surface area contributed by atoms with Crippen LogP contribution in [0.4, 0.5) is 4.39 Å². The number of methoxy groups -OCH3 is 1. The summed E-state index contributed by atoms with van der Waals surface area (Å²) < 4.78 is 18.3. The van der Waals surface area contributed by atoms with Gasteiger partial charge in [-0.05, 0) is 24.6 Å². The molecule has 0 radical (unpaired) electrons. The summed E-state index contributed by atoms with van der Waals surface area (Å²) in [7, 11) is 1.18. The van der Waals surface area contributed by atoms with Crippen molar-refractivity contribution in [3.8, 4) is 0 Å². The molecule has 1 aliphatic rings. The molecule has 1 N–H and O–H groups in total. The Balaban J connectivity index is 2.16. The maximum atomic E-state index is 13.8. The topological polar surface area (TPSA) is 75.7 Å². The van der Waals surface area contributed by atoms with Crippen LogP contribution in [0.2, 0.25) is 0 Å². The SMILES string of the molecule is COC(=O)c1ccc(CN2CC(=O)NC(=O)C2C)cc1F. The van der Waals surface area contributed by atoms with Crippen molar-refractivity contribution >= 4 is 17.8 Å². The molecule has 0 spiro atoms. The lowest BCUT2D eigenvalue weighted by atomic mass is 10.1. The fourth-order valence-electron chi connectivity index (χ4n) is 2.13. The molecule has 0 bridgehead atoms. The third kappa shape index (κ3) is 3.25. The summed E-state index contributed by atoms with van der Waals surface area (Å²) in [6.07, 6.45) is 0. The number of benzene rings is 1. The van der Waals surface area contributed by atoms with Crippen molar-refractivity contribution in [1.29, 1.82) is 0 Å². The number of imide groups is 1. The van der Waals surface area contributed by atoms with E-state index in [2.05, 4.69) is 10.1 Å². The Morgan fingerprint density at radius 1 is 1.48 bits per heavy atom. The molecule has 2 rings (SSSR count). The van der Waals surface area contributed by atoms with E-state index in [1.54, 1.807) is 17.9 Å². The summed E-state index contributed by atoms with van der Waals surface area (Å²) in [6, 6.07) is 3.62. The largest absolute Gasteiger partial charge is 0.465 e. The van der Waals surface area contributed by atoms with Crippen molar-refractivity contribution in [2.24, 2.45) is 0 Å². The van der Waals surface area contributed by atoms with Gasteiger partial charge in [0, 0.05) is 6.54 Å². The minimum absolute atomic E-state index is 0.0628. The molecule has 1 aliphatic heterocycles. The average molecular weight is 294 g/mol. The number of nitrogens with zero attached hydrogens (tertiary/aromatic N) is 1. The number of ether oxygens (including phenoxy) is 1. The third-order valence-corrected chi connectivity index (χ3v) is 3.36. The van der Waals surface area contributed by atoms with E-state index in [4.69, 9.17) is 0 Å².